The molecule has 1 atom stereocenters. The first-order chi connectivity index (χ1) is 9.20. The third-order valence-electron chi connectivity index (χ3n) is 4.15. The van der Waals surface area contributed by atoms with Crippen molar-refractivity contribution in [1.82, 2.24) is 10.6 Å². The molecule has 0 amide bonds. The number of hydrogen-bond acceptors (Lipinski definition) is 2. The number of rotatable bonds is 5. The Morgan fingerprint density at radius 1 is 1.16 bits per heavy atom. The average molecular weight is 260 g/mol. The quantitative estimate of drug-likeness (QED) is 0.850. The minimum absolute atomic E-state index is 0.509. The van der Waals surface area contributed by atoms with Crippen molar-refractivity contribution in [2.45, 2.75) is 39.2 Å². The monoisotopic (exact) mass is 260 g/mol. The van der Waals surface area contributed by atoms with Crippen molar-refractivity contribution in [3.05, 3.63) is 35.4 Å². The van der Waals surface area contributed by atoms with E-state index in [-0.39, 0.29) is 0 Å². The second-order valence-corrected chi connectivity index (χ2v) is 6.19. The van der Waals surface area contributed by atoms with Crippen LogP contribution in [0.2, 0.25) is 0 Å². The first-order valence-electron chi connectivity index (χ1n) is 7.67. The molecular weight excluding hydrogens is 232 g/mol. The summed E-state index contributed by atoms with van der Waals surface area (Å²) in [4.78, 5) is 0. The highest BCUT2D eigenvalue weighted by molar-refractivity contribution is 5.26. The van der Waals surface area contributed by atoms with E-state index in [4.69, 9.17) is 0 Å². The predicted molar refractivity (Wildman–Crippen MR) is 82.4 cm³/mol. The summed E-state index contributed by atoms with van der Waals surface area (Å²) in [5, 5.41) is 6.97. The van der Waals surface area contributed by atoms with Crippen LogP contribution in [0.25, 0.3) is 0 Å². The molecule has 1 fully saturated rings. The summed E-state index contributed by atoms with van der Waals surface area (Å²) in [6.07, 6.45) is 3.73. The van der Waals surface area contributed by atoms with E-state index >= 15 is 0 Å². The summed E-state index contributed by atoms with van der Waals surface area (Å²) >= 11 is 0. The lowest BCUT2D eigenvalue weighted by Gasteiger charge is -2.31. The van der Waals surface area contributed by atoms with Gasteiger partial charge >= 0.3 is 0 Å². The molecule has 1 aliphatic rings. The van der Waals surface area contributed by atoms with E-state index in [0.717, 1.165) is 24.9 Å². The molecule has 1 aromatic rings. The first-order valence-corrected chi connectivity index (χ1v) is 7.67. The van der Waals surface area contributed by atoms with E-state index in [1.165, 1.54) is 30.4 Å². The highest BCUT2D eigenvalue weighted by Gasteiger charge is 2.23. The zero-order valence-corrected chi connectivity index (χ0v) is 12.6. The van der Waals surface area contributed by atoms with Crippen LogP contribution >= 0.6 is 0 Å². The number of hydrogen-bond donors (Lipinski definition) is 2. The van der Waals surface area contributed by atoms with Gasteiger partial charge in [0.05, 0.1) is 0 Å². The van der Waals surface area contributed by atoms with Crippen LogP contribution in [0.5, 0.6) is 0 Å². The molecule has 1 heterocycles. The Hall–Kier alpha value is -0.860. The van der Waals surface area contributed by atoms with Crippen molar-refractivity contribution in [3.8, 4) is 0 Å². The van der Waals surface area contributed by atoms with Crippen LogP contribution in [0.3, 0.4) is 0 Å². The summed E-state index contributed by atoms with van der Waals surface area (Å²) in [6.45, 7) is 6.88. The van der Waals surface area contributed by atoms with Gasteiger partial charge in [-0.05, 0) is 62.4 Å². The van der Waals surface area contributed by atoms with Crippen molar-refractivity contribution in [2.24, 2.45) is 11.8 Å². The minimum Gasteiger partial charge on any atom is -0.317 e. The Balaban J connectivity index is 2.05. The van der Waals surface area contributed by atoms with Gasteiger partial charge < -0.3 is 10.6 Å². The van der Waals surface area contributed by atoms with Crippen LogP contribution in [0.15, 0.2) is 24.3 Å². The highest BCUT2D eigenvalue weighted by atomic mass is 14.9. The summed E-state index contributed by atoms with van der Waals surface area (Å²) in [6, 6.07) is 9.76. The fourth-order valence-electron chi connectivity index (χ4n) is 3.18. The molecule has 0 aliphatic carbocycles. The van der Waals surface area contributed by atoms with E-state index in [9.17, 15) is 0 Å². The molecule has 1 saturated heterocycles. The van der Waals surface area contributed by atoms with Gasteiger partial charge in [-0.25, -0.2) is 0 Å². The number of piperidine rings is 1. The second kappa shape index (κ2) is 7.06. The van der Waals surface area contributed by atoms with E-state index < -0.39 is 0 Å². The maximum Gasteiger partial charge on any atom is 0.0347 e. The SMILES string of the molecule is CNC(c1ccc(CC(C)C)cc1)C1CCNCC1. The largest absolute Gasteiger partial charge is 0.317 e. The maximum atomic E-state index is 3.52. The first kappa shape index (κ1) is 14.5. The van der Waals surface area contributed by atoms with Gasteiger partial charge in [-0.15, -0.1) is 0 Å². The molecule has 2 rings (SSSR count). The zero-order valence-electron chi connectivity index (χ0n) is 12.6. The van der Waals surface area contributed by atoms with Gasteiger partial charge in [0.15, 0.2) is 0 Å². The van der Waals surface area contributed by atoms with E-state index in [0.29, 0.717) is 6.04 Å². The number of nitrogens with one attached hydrogen (secondary N) is 2. The third kappa shape index (κ3) is 4.05. The van der Waals surface area contributed by atoms with Gasteiger partial charge in [-0.3, -0.25) is 0 Å². The van der Waals surface area contributed by atoms with Gasteiger partial charge in [0, 0.05) is 6.04 Å². The summed E-state index contributed by atoms with van der Waals surface area (Å²) in [7, 11) is 2.09. The zero-order chi connectivity index (χ0) is 13.7. The van der Waals surface area contributed by atoms with Crippen molar-refractivity contribution in [1.29, 1.82) is 0 Å². The Labute approximate surface area is 118 Å². The van der Waals surface area contributed by atoms with Gasteiger partial charge in [-0.1, -0.05) is 38.1 Å². The summed E-state index contributed by atoms with van der Waals surface area (Å²) < 4.78 is 0. The van der Waals surface area contributed by atoms with Crippen molar-refractivity contribution in [2.75, 3.05) is 20.1 Å². The molecule has 106 valence electrons. The molecule has 19 heavy (non-hydrogen) atoms. The van der Waals surface area contributed by atoms with Crippen molar-refractivity contribution >= 4 is 0 Å². The molecule has 0 radical (unpaired) electrons. The molecule has 2 N–H and O–H groups in total. The van der Waals surface area contributed by atoms with Crippen molar-refractivity contribution < 1.29 is 0 Å². The highest BCUT2D eigenvalue weighted by Crippen LogP contribution is 2.28. The molecule has 1 aromatic carbocycles. The predicted octanol–water partition coefficient (Wildman–Crippen LogP) is 3.15. The summed E-state index contributed by atoms with van der Waals surface area (Å²) in [5.74, 6) is 1.50. The smallest absolute Gasteiger partial charge is 0.0347 e. The molecule has 0 aromatic heterocycles. The Kier molecular flexibility index (Phi) is 5.41. The van der Waals surface area contributed by atoms with E-state index in [2.05, 4.69) is 55.8 Å². The van der Waals surface area contributed by atoms with Crippen LogP contribution in [0.1, 0.15) is 43.9 Å². The molecule has 1 aliphatic heterocycles. The van der Waals surface area contributed by atoms with Crippen molar-refractivity contribution in [3.63, 3.8) is 0 Å². The maximum absolute atomic E-state index is 3.52. The van der Waals surface area contributed by atoms with Gasteiger partial charge in [-0.2, -0.15) is 0 Å². The Morgan fingerprint density at radius 3 is 2.32 bits per heavy atom. The van der Waals surface area contributed by atoms with Gasteiger partial charge in [0.1, 0.15) is 0 Å². The van der Waals surface area contributed by atoms with Crippen LogP contribution in [-0.4, -0.2) is 20.1 Å². The molecule has 2 nitrogen and oxygen atoms in total. The fraction of sp³-hybridized carbons (Fsp3) is 0.647. The molecule has 0 saturated carbocycles. The van der Waals surface area contributed by atoms with E-state index in [1.54, 1.807) is 0 Å². The van der Waals surface area contributed by atoms with E-state index in [1.807, 2.05) is 0 Å². The standard InChI is InChI=1S/C17H28N2/c1-13(2)12-14-4-6-15(7-5-14)17(18-3)16-8-10-19-11-9-16/h4-7,13,16-19H,8-12H2,1-3H3. The lowest BCUT2D eigenvalue weighted by molar-refractivity contribution is 0.294. The van der Waals surface area contributed by atoms with Crippen LogP contribution < -0.4 is 10.6 Å². The third-order valence-corrected chi connectivity index (χ3v) is 4.15. The molecule has 1 unspecified atom stereocenters. The minimum atomic E-state index is 0.509. The Morgan fingerprint density at radius 2 is 1.79 bits per heavy atom. The molecule has 0 spiro atoms. The summed E-state index contributed by atoms with van der Waals surface area (Å²) in [5.41, 5.74) is 2.90. The van der Waals surface area contributed by atoms with Crippen LogP contribution in [0.4, 0.5) is 0 Å². The van der Waals surface area contributed by atoms with Crippen LogP contribution in [0, 0.1) is 11.8 Å². The Bertz CT molecular complexity index is 363. The number of benzene rings is 1. The van der Waals surface area contributed by atoms with Gasteiger partial charge in [0.25, 0.3) is 0 Å². The topological polar surface area (TPSA) is 24.1 Å². The average Bonchev–Trinajstić information content (AvgIpc) is 2.42. The molecular formula is C17H28N2. The fourth-order valence-corrected chi connectivity index (χ4v) is 3.18. The lowest BCUT2D eigenvalue weighted by atomic mass is 9.85. The van der Waals surface area contributed by atoms with Crippen LogP contribution in [-0.2, 0) is 6.42 Å². The molecule has 0 bridgehead atoms. The molecule has 2 heteroatoms. The van der Waals surface area contributed by atoms with Gasteiger partial charge in [0.2, 0.25) is 0 Å². The lowest BCUT2D eigenvalue weighted by Crippen LogP contribution is -2.35. The second-order valence-electron chi connectivity index (χ2n) is 6.19. The normalized spacial score (nSPS) is 18.7.